The molecule has 5 rings (SSSR count). The molecule has 10 heteroatoms. The molecular weight excluding hydrogens is 514 g/mol. The van der Waals surface area contributed by atoms with Crippen molar-refractivity contribution in [2.75, 3.05) is 23.5 Å². The summed E-state index contributed by atoms with van der Waals surface area (Å²) in [6, 6.07) is 20.8. The minimum Gasteiger partial charge on any atom is -0.504 e. The van der Waals surface area contributed by atoms with Crippen LogP contribution in [0.15, 0.2) is 89.2 Å². The second-order valence-corrected chi connectivity index (χ2v) is 10.0. The number of aryl methyl sites for hydroxylation is 1. The molecule has 0 radical (unpaired) electrons. The Hall–Kier alpha value is -4.57. The van der Waals surface area contributed by atoms with E-state index < -0.39 is 6.04 Å². The topological polar surface area (TPSA) is 118 Å². The van der Waals surface area contributed by atoms with Crippen LogP contribution in [0.25, 0.3) is 0 Å². The largest absolute Gasteiger partial charge is 0.504 e. The van der Waals surface area contributed by atoms with Crippen molar-refractivity contribution in [3.05, 3.63) is 101 Å². The number of rotatable bonds is 8. The van der Waals surface area contributed by atoms with Crippen LogP contribution in [0.3, 0.4) is 0 Å². The molecule has 1 aliphatic heterocycles. The van der Waals surface area contributed by atoms with Crippen molar-refractivity contribution in [2.45, 2.75) is 25.0 Å². The summed E-state index contributed by atoms with van der Waals surface area (Å²) < 4.78 is 6.96. The van der Waals surface area contributed by atoms with E-state index in [0.717, 1.165) is 5.56 Å². The zero-order valence-corrected chi connectivity index (χ0v) is 22.5. The summed E-state index contributed by atoms with van der Waals surface area (Å²) in [5.41, 5.74) is 4.06. The number of ether oxygens (including phenoxy) is 1. The lowest BCUT2D eigenvalue weighted by molar-refractivity contribution is -0.113. The molecule has 0 saturated carbocycles. The first kappa shape index (κ1) is 26.1. The Kier molecular flexibility index (Phi) is 7.38. The molecule has 1 aliphatic rings. The second-order valence-electron chi connectivity index (χ2n) is 9.06. The number of amides is 1. The Morgan fingerprint density at radius 3 is 2.54 bits per heavy atom. The van der Waals surface area contributed by atoms with E-state index in [-0.39, 0.29) is 28.9 Å². The van der Waals surface area contributed by atoms with Gasteiger partial charge < -0.3 is 20.5 Å². The molecule has 1 aromatic heterocycles. The number of methoxy groups -OCH3 is 1. The van der Waals surface area contributed by atoms with Crippen molar-refractivity contribution in [2.24, 2.45) is 0 Å². The van der Waals surface area contributed by atoms with Gasteiger partial charge in [-0.3, -0.25) is 9.59 Å². The van der Waals surface area contributed by atoms with Crippen LogP contribution in [0.1, 0.15) is 34.5 Å². The number of thioether (sulfide) groups is 1. The third-order valence-electron chi connectivity index (χ3n) is 6.33. The molecule has 1 atom stereocenters. The van der Waals surface area contributed by atoms with E-state index >= 15 is 0 Å². The number of ketones is 1. The molecule has 0 spiro atoms. The van der Waals surface area contributed by atoms with Gasteiger partial charge in [0.25, 0.3) is 5.91 Å². The Bertz CT molecular complexity index is 1560. The average Bonchev–Trinajstić information content (AvgIpc) is 3.34. The van der Waals surface area contributed by atoms with E-state index in [1.165, 1.54) is 24.9 Å². The minimum atomic E-state index is -0.672. The molecule has 4 aromatic rings. The SMILES string of the molecule is COc1cc([C@H]2C(C(=O)Nc3ccccc3)=C(C)Nc3nc(SCC(=O)c4ccc(C)cc4)nn32)ccc1O. The molecule has 0 saturated heterocycles. The molecule has 2 heterocycles. The zero-order valence-electron chi connectivity index (χ0n) is 21.6. The number of phenolic OH excluding ortho intramolecular Hbond substituents is 1. The van der Waals surface area contributed by atoms with Crippen molar-refractivity contribution in [1.29, 1.82) is 0 Å². The number of fused-ring (bicyclic) bond motifs is 1. The molecule has 0 fully saturated rings. The van der Waals surface area contributed by atoms with Gasteiger partial charge in [-0.25, -0.2) is 4.68 Å². The monoisotopic (exact) mass is 541 g/mol. The van der Waals surface area contributed by atoms with E-state index in [1.807, 2.05) is 61.5 Å². The molecule has 39 heavy (non-hydrogen) atoms. The Balaban J connectivity index is 1.48. The first-order valence-corrected chi connectivity index (χ1v) is 13.2. The van der Waals surface area contributed by atoms with E-state index in [4.69, 9.17) is 4.74 Å². The molecule has 1 amide bonds. The normalized spacial score (nSPS) is 14.4. The number of para-hydroxylation sites is 1. The van der Waals surface area contributed by atoms with Crippen LogP contribution in [-0.4, -0.2) is 44.4 Å². The lowest BCUT2D eigenvalue weighted by Gasteiger charge is -2.29. The molecule has 0 unspecified atom stereocenters. The lowest BCUT2D eigenvalue weighted by Crippen LogP contribution is -2.31. The maximum absolute atomic E-state index is 13.6. The predicted octanol–water partition coefficient (Wildman–Crippen LogP) is 5.20. The van der Waals surface area contributed by atoms with Crippen LogP contribution in [-0.2, 0) is 4.79 Å². The van der Waals surface area contributed by atoms with Crippen LogP contribution in [0.4, 0.5) is 11.6 Å². The van der Waals surface area contributed by atoms with Gasteiger partial charge in [-0.15, -0.1) is 5.10 Å². The summed E-state index contributed by atoms with van der Waals surface area (Å²) in [4.78, 5) is 30.9. The quantitative estimate of drug-likeness (QED) is 0.206. The van der Waals surface area contributed by atoms with Gasteiger partial charge >= 0.3 is 0 Å². The van der Waals surface area contributed by atoms with E-state index in [1.54, 1.807) is 23.7 Å². The van der Waals surface area contributed by atoms with Gasteiger partial charge in [0.15, 0.2) is 17.3 Å². The number of carbonyl (C=O) groups excluding carboxylic acids is 2. The summed E-state index contributed by atoms with van der Waals surface area (Å²) >= 11 is 1.23. The first-order chi connectivity index (χ1) is 18.8. The van der Waals surface area contributed by atoms with Gasteiger partial charge in [-0.2, -0.15) is 4.98 Å². The van der Waals surface area contributed by atoms with Crippen LogP contribution in [0.2, 0.25) is 0 Å². The molecule has 3 N–H and O–H groups in total. The summed E-state index contributed by atoms with van der Waals surface area (Å²) in [7, 11) is 1.46. The van der Waals surface area contributed by atoms with Crippen LogP contribution in [0.5, 0.6) is 11.5 Å². The highest BCUT2D eigenvalue weighted by molar-refractivity contribution is 7.99. The number of Topliss-reactive ketones (excluding diaryl/α,β-unsaturated/α-hetero) is 1. The van der Waals surface area contributed by atoms with Gasteiger partial charge in [0.2, 0.25) is 11.1 Å². The summed E-state index contributed by atoms with van der Waals surface area (Å²) in [5, 5.41) is 21.4. The van der Waals surface area contributed by atoms with Gasteiger partial charge in [0.05, 0.1) is 18.4 Å². The molecule has 3 aromatic carbocycles. The number of anilines is 2. The van der Waals surface area contributed by atoms with Crippen molar-refractivity contribution < 1.29 is 19.4 Å². The van der Waals surface area contributed by atoms with E-state index in [9.17, 15) is 14.7 Å². The number of benzene rings is 3. The maximum atomic E-state index is 13.6. The fourth-order valence-electron chi connectivity index (χ4n) is 4.33. The van der Waals surface area contributed by atoms with Crippen LogP contribution >= 0.6 is 11.8 Å². The Morgan fingerprint density at radius 2 is 1.82 bits per heavy atom. The van der Waals surface area contributed by atoms with Crippen molar-refractivity contribution >= 4 is 35.1 Å². The number of aromatic nitrogens is 3. The van der Waals surface area contributed by atoms with Gasteiger partial charge in [0.1, 0.15) is 6.04 Å². The molecular formula is C29H27N5O4S. The van der Waals surface area contributed by atoms with Gasteiger partial charge in [-0.05, 0) is 43.7 Å². The van der Waals surface area contributed by atoms with Crippen LogP contribution < -0.4 is 15.4 Å². The smallest absolute Gasteiger partial charge is 0.255 e. The third-order valence-corrected chi connectivity index (χ3v) is 7.17. The number of hydrogen-bond donors (Lipinski definition) is 3. The number of aromatic hydroxyl groups is 1. The first-order valence-electron chi connectivity index (χ1n) is 12.2. The highest BCUT2D eigenvalue weighted by Gasteiger charge is 2.35. The van der Waals surface area contributed by atoms with Gasteiger partial charge in [-0.1, -0.05) is 65.9 Å². The summed E-state index contributed by atoms with van der Waals surface area (Å²) in [5.74, 6) is 0.511. The summed E-state index contributed by atoms with van der Waals surface area (Å²) in [6.07, 6.45) is 0. The van der Waals surface area contributed by atoms with Crippen molar-refractivity contribution in [3.8, 4) is 11.5 Å². The number of hydrogen-bond acceptors (Lipinski definition) is 8. The number of allylic oxidation sites excluding steroid dienone is 1. The Labute approximate surface area is 229 Å². The molecule has 0 aliphatic carbocycles. The number of carbonyl (C=O) groups is 2. The molecule has 198 valence electrons. The number of nitrogens with one attached hydrogen (secondary N) is 2. The van der Waals surface area contributed by atoms with E-state index in [0.29, 0.717) is 39.2 Å². The highest BCUT2D eigenvalue weighted by atomic mass is 32.2. The van der Waals surface area contributed by atoms with Crippen molar-refractivity contribution in [1.82, 2.24) is 14.8 Å². The standard InChI is InChI=1S/C29H27N5O4S/c1-17-9-11-19(12-10-17)23(36)16-39-29-32-28-30-18(2)25(27(37)31-21-7-5-4-6-8-21)26(34(28)33-29)20-13-14-22(35)24(15-20)38-3/h4-15,26,35H,16H2,1-3H3,(H,31,37)(H,30,32,33)/t26-/m0/s1. The fraction of sp³-hybridized carbons (Fsp3) is 0.172. The average molecular weight is 542 g/mol. The van der Waals surface area contributed by atoms with Crippen LogP contribution in [0, 0.1) is 6.92 Å². The maximum Gasteiger partial charge on any atom is 0.255 e. The zero-order chi connectivity index (χ0) is 27.5. The fourth-order valence-corrected chi connectivity index (χ4v) is 5.06. The summed E-state index contributed by atoms with van der Waals surface area (Å²) in [6.45, 7) is 3.77. The second kappa shape index (κ2) is 11.0. The minimum absolute atomic E-state index is 0.0177. The van der Waals surface area contributed by atoms with Gasteiger partial charge in [0, 0.05) is 16.9 Å². The third kappa shape index (κ3) is 5.51. The lowest BCUT2D eigenvalue weighted by atomic mass is 9.94. The highest BCUT2D eigenvalue weighted by Crippen LogP contribution is 2.39. The predicted molar refractivity (Wildman–Crippen MR) is 150 cm³/mol. The molecule has 0 bridgehead atoms. The van der Waals surface area contributed by atoms with Crippen molar-refractivity contribution in [3.63, 3.8) is 0 Å². The molecule has 9 nitrogen and oxygen atoms in total. The van der Waals surface area contributed by atoms with E-state index in [2.05, 4.69) is 20.7 Å². The number of phenols is 1. The Morgan fingerprint density at radius 1 is 1.08 bits per heavy atom. The number of nitrogens with zero attached hydrogens (tertiary/aromatic N) is 3.